The largest absolute Gasteiger partial charge is 0.491 e. The molecule has 0 saturated carbocycles. The van der Waals surface area contributed by atoms with E-state index in [1.54, 1.807) is 24.3 Å². The molecule has 6 nitrogen and oxygen atoms in total. The lowest BCUT2D eigenvalue weighted by atomic mass is 9.98. The van der Waals surface area contributed by atoms with E-state index in [0.717, 1.165) is 40.9 Å². The molecule has 4 aromatic rings. The third-order valence-electron chi connectivity index (χ3n) is 6.24. The second-order valence-electron chi connectivity index (χ2n) is 8.90. The van der Waals surface area contributed by atoms with E-state index in [2.05, 4.69) is 48.5 Å². The van der Waals surface area contributed by atoms with Gasteiger partial charge in [0, 0.05) is 16.8 Å². The van der Waals surface area contributed by atoms with Gasteiger partial charge in [-0.15, -0.1) is 0 Å². The van der Waals surface area contributed by atoms with Crippen LogP contribution in [0.4, 0.5) is 5.69 Å². The number of carbonyl (C=O) groups excluding carboxylic acids is 1. The molecule has 1 aromatic heterocycles. The summed E-state index contributed by atoms with van der Waals surface area (Å²) in [5.74, 6) is 1.49. The number of anilines is 1. The van der Waals surface area contributed by atoms with Crippen LogP contribution in [-0.4, -0.2) is 22.1 Å². The van der Waals surface area contributed by atoms with Crippen molar-refractivity contribution >= 4 is 40.0 Å². The fourth-order valence-corrected chi connectivity index (χ4v) is 3.85. The van der Waals surface area contributed by atoms with Gasteiger partial charge in [-0.2, -0.15) is 0 Å². The number of hydrogen-bond acceptors (Lipinski definition) is 5. The van der Waals surface area contributed by atoms with Crippen molar-refractivity contribution in [2.45, 2.75) is 52.6 Å². The summed E-state index contributed by atoms with van der Waals surface area (Å²) in [6.45, 7) is 8.46. The Balaban J connectivity index is 1.36. The molecule has 4 rings (SSSR count). The first kappa shape index (κ1) is 25.4. The van der Waals surface area contributed by atoms with Gasteiger partial charge in [0.15, 0.2) is 10.7 Å². The average molecular weight is 502 g/mol. The van der Waals surface area contributed by atoms with Gasteiger partial charge >= 0.3 is 0 Å². The van der Waals surface area contributed by atoms with Gasteiger partial charge in [0.05, 0.1) is 6.10 Å². The number of nitrogens with zero attached hydrogens (tertiary/aromatic N) is 1. The maximum absolute atomic E-state index is 12.5. The summed E-state index contributed by atoms with van der Waals surface area (Å²) in [6, 6.07) is 20.7. The van der Waals surface area contributed by atoms with Crippen molar-refractivity contribution in [1.82, 2.24) is 10.3 Å². The highest BCUT2D eigenvalue weighted by Gasteiger charge is 2.12. The number of amides is 1. The summed E-state index contributed by atoms with van der Waals surface area (Å²) in [5.41, 5.74) is 4.98. The second kappa shape index (κ2) is 11.4. The van der Waals surface area contributed by atoms with Gasteiger partial charge in [-0.05, 0) is 104 Å². The van der Waals surface area contributed by atoms with Crippen molar-refractivity contribution in [1.29, 1.82) is 0 Å². The van der Waals surface area contributed by atoms with Crippen LogP contribution in [0.25, 0.3) is 22.6 Å². The van der Waals surface area contributed by atoms with Crippen LogP contribution in [0.3, 0.4) is 0 Å². The van der Waals surface area contributed by atoms with Crippen LogP contribution in [0, 0.1) is 0 Å². The third kappa shape index (κ3) is 6.10. The highest BCUT2D eigenvalue weighted by molar-refractivity contribution is 7.80. The Morgan fingerprint density at radius 2 is 1.72 bits per heavy atom. The SMILES string of the molecule is CC[C@@H](C)Oc1ccc(C(=O)NC(=S)Nc2ccc(-c3nc4cc([C@@H](C)CC)ccc4o3)cc2)cc1. The second-order valence-corrected chi connectivity index (χ2v) is 9.31. The number of nitrogens with one attached hydrogen (secondary N) is 2. The standard InChI is InChI=1S/C29H31N3O3S/c1-5-18(3)22-11-16-26-25(17-22)31-28(35-26)21-7-12-23(13-8-21)30-29(36)32-27(33)20-9-14-24(15-10-20)34-19(4)6-2/h7-19H,5-6H2,1-4H3,(H2,30,32,33,36)/t18-,19+/m0/s1. The van der Waals surface area contributed by atoms with Gasteiger partial charge in [0.2, 0.25) is 5.89 Å². The fourth-order valence-electron chi connectivity index (χ4n) is 3.64. The minimum absolute atomic E-state index is 0.123. The molecule has 1 amide bonds. The van der Waals surface area contributed by atoms with Gasteiger partial charge in [0.1, 0.15) is 11.3 Å². The maximum atomic E-state index is 12.5. The summed E-state index contributed by atoms with van der Waals surface area (Å²) in [6.07, 6.45) is 2.11. The molecule has 186 valence electrons. The molecule has 0 aliphatic carbocycles. The number of hydrogen-bond donors (Lipinski definition) is 2. The Hall–Kier alpha value is -3.71. The van der Waals surface area contributed by atoms with E-state index in [4.69, 9.17) is 21.4 Å². The molecular weight excluding hydrogens is 470 g/mol. The zero-order valence-electron chi connectivity index (χ0n) is 21.0. The minimum Gasteiger partial charge on any atom is -0.491 e. The molecule has 2 N–H and O–H groups in total. The first-order chi connectivity index (χ1) is 17.4. The van der Waals surface area contributed by atoms with Crippen LogP contribution in [-0.2, 0) is 0 Å². The van der Waals surface area contributed by atoms with Crippen molar-refractivity contribution in [3.05, 3.63) is 77.9 Å². The number of benzene rings is 3. The molecule has 1 heterocycles. The molecule has 0 aliphatic rings. The van der Waals surface area contributed by atoms with E-state index in [-0.39, 0.29) is 17.1 Å². The normalized spacial score (nSPS) is 12.7. The van der Waals surface area contributed by atoms with Crippen LogP contribution in [0.5, 0.6) is 5.75 Å². The smallest absolute Gasteiger partial charge is 0.257 e. The molecule has 0 fully saturated rings. The summed E-state index contributed by atoms with van der Waals surface area (Å²) in [4.78, 5) is 17.2. The van der Waals surface area contributed by atoms with E-state index in [0.29, 0.717) is 17.4 Å². The zero-order chi connectivity index (χ0) is 25.7. The van der Waals surface area contributed by atoms with Gasteiger partial charge in [-0.25, -0.2) is 4.98 Å². The maximum Gasteiger partial charge on any atom is 0.257 e. The quantitative estimate of drug-likeness (QED) is 0.247. The Labute approximate surface area is 217 Å². The van der Waals surface area contributed by atoms with Crippen molar-refractivity contribution in [2.24, 2.45) is 0 Å². The topological polar surface area (TPSA) is 76.4 Å². The molecule has 3 aromatic carbocycles. The number of fused-ring (bicyclic) bond motifs is 1. The van der Waals surface area contributed by atoms with Crippen LogP contribution in [0.2, 0.25) is 0 Å². The highest BCUT2D eigenvalue weighted by Crippen LogP contribution is 2.28. The Bertz CT molecular complexity index is 1350. The number of rotatable bonds is 8. The minimum atomic E-state index is -0.289. The third-order valence-corrected chi connectivity index (χ3v) is 6.44. The van der Waals surface area contributed by atoms with Gasteiger partial charge < -0.3 is 14.5 Å². The predicted octanol–water partition coefficient (Wildman–Crippen LogP) is 7.31. The number of carbonyl (C=O) groups is 1. The lowest BCUT2D eigenvalue weighted by Crippen LogP contribution is -2.34. The molecule has 7 heteroatoms. The summed E-state index contributed by atoms with van der Waals surface area (Å²) >= 11 is 5.33. The monoisotopic (exact) mass is 501 g/mol. The van der Waals surface area contributed by atoms with E-state index in [1.165, 1.54) is 5.56 Å². The lowest BCUT2D eigenvalue weighted by molar-refractivity contribution is 0.0977. The average Bonchev–Trinajstić information content (AvgIpc) is 3.32. The fraction of sp³-hybridized carbons (Fsp3) is 0.276. The molecule has 36 heavy (non-hydrogen) atoms. The van der Waals surface area contributed by atoms with E-state index >= 15 is 0 Å². The van der Waals surface area contributed by atoms with E-state index in [1.807, 2.05) is 37.3 Å². The van der Waals surface area contributed by atoms with E-state index < -0.39 is 0 Å². The van der Waals surface area contributed by atoms with Crippen molar-refractivity contribution in [3.8, 4) is 17.2 Å². The molecule has 0 aliphatic heterocycles. The molecular formula is C29H31N3O3S. The molecule has 0 bridgehead atoms. The zero-order valence-corrected chi connectivity index (χ0v) is 21.8. The van der Waals surface area contributed by atoms with Crippen LogP contribution in [0.15, 0.2) is 71.1 Å². The van der Waals surface area contributed by atoms with Crippen LogP contribution >= 0.6 is 12.2 Å². The molecule has 2 atom stereocenters. The Morgan fingerprint density at radius 1 is 1.00 bits per heavy atom. The number of aromatic nitrogens is 1. The number of thiocarbonyl (C=S) groups is 1. The summed E-state index contributed by atoms with van der Waals surface area (Å²) in [5, 5.41) is 5.97. The predicted molar refractivity (Wildman–Crippen MR) is 149 cm³/mol. The van der Waals surface area contributed by atoms with Gasteiger partial charge in [0.25, 0.3) is 5.91 Å². The van der Waals surface area contributed by atoms with Crippen molar-refractivity contribution < 1.29 is 13.9 Å². The van der Waals surface area contributed by atoms with Crippen molar-refractivity contribution in [3.63, 3.8) is 0 Å². The molecule has 0 unspecified atom stereocenters. The first-order valence-electron chi connectivity index (χ1n) is 12.3. The number of oxazole rings is 1. The van der Waals surface area contributed by atoms with Crippen LogP contribution < -0.4 is 15.4 Å². The Kier molecular flexibility index (Phi) is 8.00. The van der Waals surface area contributed by atoms with E-state index in [9.17, 15) is 4.79 Å². The Morgan fingerprint density at radius 3 is 2.39 bits per heavy atom. The number of ether oxygens (including phenoxy) is 1. The summed E-state index contributed by atoms with van der Waals surface area (Å²) < 4.78 is 11.7. The van der Waals surface area contributed by atoms with Crippen molar-refractivity contribution in [2.75, 3.05) is 5.32 Å². The molecule has 0 spiro atoms. The lowest BCUT2D eigenvalue weighted by Gasteiger charge is -2.13. The highest BCUT2D eigenvalue weighted by atomic mass is 32.1. The first-order valence-corrected chi connectivity index (χ1v) is 12.7. The van der Waals surface area contributed by atoms with Gasteiger partial charge in [-0.1, -0.05) is 26.8 Å². The molecule has 0 radical (unpaired) electrons. The summed E-state index contributed by atoms with van der Waals surface area (Å²) in [7, 11) is 0. The van der Waals surface area contributed by atoms with Crippen LogP contribution in [0.1, 0.15) is 62.4 Å². The molecule has 0 saturated heterocycles. The van der Waals surface area contributed by atoms with Gasteiger partial charge in [-0.3, -0.25) is 10.1 Å².